The monoisotopic (exact) mass is 404 g/mol. The maximum atomic E-state index is 12.8. The Hall–Kier alpha value is -1.93. The van der Waals surface area contributed by atoms with Crippen LogP contribution in [-0.2, 0) is 22.6 Å². The highest BCUT2D eigenvalue weighted by molar-refractivity contribution is 7.17. The van der Waals surface area contributed by atoms with Crippen molar-refractivity contribution < 1.29 is 14.4 Å². The van der Waals surface area contributed by atoms with Crippen molar-refractivity contribution in [1.82, 2.24) is 14.7 Å². The molecule has 0 atom stereocenters. The Bertz CT molecular complexity index is 800. The van der Waals surface area contributed by atoms with Gasteiger partial charge in [-0.25, -0.2) is 0 Å². The molecule has 1 fully saturated rings. The van der Waals surface area contributed by atoms with Gasteiger partial charge in [-0.1, -0.05) is 0 Å². The zero-order valence-corrected chi connectivity index (χ0v) is 17.5. The summed E-state index contributed by atoms with van der Waals surface area (Å²) in [5, 5.41) is 0.729. The van der Waals surface area contributed by atoms with Crippen molar-refractivity contribution in [3.05, 3.63) is 16.0 Å². The summed E-state index contributed by atoms with van der Waals surface area (Å²) in [6, 6.07) is 0. The van der Waals surface area contributed by atoms with E-state index in [1.165, 1.54) is 29.1 Å². The Morgan fingerprint density at radius 2 is 1.82 bits per heavy atom. The minimum absolute atomic E-state index is 0.0805. The van der Waals surface area contributed by atoms with Gasteiger partial charge in [0, 0.05) is 31.9 Å². The van der Waals surface area contributed by atoms with Crippen molar-refractivity contribution in [2.45, 2.75) is 38.6 Å². The maximum absolute atomic E-state index is 12.8. The molecule has 4 heterocycles. The lowest BCUT2D eigenvalue weighted by Gasteiger charge is -2.28. The number of likely N-dealkylation sites (N-methyl/N-ethyl adjacent to an activating group) is 2. The number of fused-ring (bicyclic) bond motifs is 3. The van der Waals surface area contributed by atoms with Crippen LogP contribution in [0.3, 0.4) is 0 Å². The van der Waals surface area contributed by atoms with Gasteiger partial charge in [0.15, 0.2) is 0 Å². The van der Waals surface area contributed by atoms with Gasteiger partial charge in [-0.2, -0.15) is 0 Å². The fourth-order valence-corrected chi connectivity index (χ4v) is 5.69. The highest BCUT2D eigenvalue weighted by Crippen LogP contribution is 2.40. The largest absolute Gasteiger partial charge is 0.337 e. The van der Waals surface area contributed by atoms with Gasteiger partial charge in [-0.15, -0.1) is 11.3 Å². The molecule has 8 heteroatoms. The van der Waals surface area contributed by atoms with E-state index >= 15 is 0 Å². The fraction of sp³-hybridized carbons (Fsp3) is 0.650. The smallest absolute Gasteiger partial charge is 0.257 e. The molecular formula is C20H28N4O3S. The standard InChI is InChI=1S/C20H28N4O3S/c1-21-13-17(26)22(2)20-18(19(21)27)14-7-11-24(12-15(14)28-20)16(25)6-5-10-23-8-3-4-9-23/h3-13H2,1-2H3. The normalized spacial score (nSPS) is 20.4. The molecule has 7 nitrogen and oxygen atoms in total. The van der Waals surface area contributed by atoms with Crippen molar-refractivity contribution in [3.8, 4) is 0 Å². The molecule has 1 saturated heterocycles. The SMILES string of the molecule is CN1CC(=O)N(C)c2sc3c(c2C1=O)CCN(C(=O)CCCN1CCCC1)C3. The number of hydrogen-bond donors (Lipinski definition) is 0. The van der Waals surface area contributed by atoms with Gasteiger partial charge in [0.1, 0.15) is 11.5 Å². The van der Waals surface area contributed by atoms with E-state index in [2.05, 4.69) is 4.90 Å². The quantitative estimate of drug-likeness (QED) is 0.764. The number of rotatable bonds is 4. The highest BCUT2D eigenvalue weighted by Gasteiger charge is 2.36. The summed E-state index contributed by atoms with van der Waals surface area (Å²) >= 11 is 1.49. The van der Waals surface area contributed by atoms with Crippen molar-refractivity contribution >= 4 is 34.1 Å². The molecule has 0 radical (unpaired) electrons. The van der Waals surface area contributed by atoms with Gasteiger partial charge >= 0.3 is 0 Å². The maximum Gasteiger partial charge on any atom is 0.257 e. The number of carbonyl (C=O) groups excluding carboxylic acids is 3. The number of likely N-dealkylation sites (tertiary alicyclic amines) is 1. The van der Waals surface area contributed by atoms with Gasteiger partial charge in [0.2, 0.25) is 11.8 Å². The Balaban J connectivity index is 1.45. The Kier molecular flexibility index (Phi) is 5.42. The van der Waals surface area contributed by atoms with Crippen LogP contribution in [0, 0.1) is 0 Å². The van der Waals surface area contributed by atoms with Crippen LogP contribution in [0.5, 0.6) is 0 Å². The second kappa shape index (κ2) is 7.83. The summed E-state index contributed by atoms with van der Waals surface area (Å²) in [7, 11) is 3.41. The molecule has 0 saturated carbocycles. The Morgan fingerprint density at radius 1 is 1.07 bits per heavy atom. The Morgan fingerprint density at radius 3 is 2.57 bits per heavy atom. The van der Waals surface area contributed by atoms with Crippen LogP contribution in [0.15, 0.2) is 0 Å². The molecular weight excluding hydrogens is 376 g/mol. The van der Waals surface area contributed by atoms with Crippen molar-refractivity contribution in [3.63, 3.8) is 0 Å². The average Bonchev–Trinajstić information content (AvgIpc) is 3.31. The second-order valence-electron chi connectivity index (χ2n) is 8.02. The lowest BCUT2D eigenvalue weighted by Crippen LogP contribution is -2.37. The summed E-state index contributed by atoms with van der Waals surface area (Å²) in [4.78, 5) is 46.3. The van der Waals surface area contributed by atoms with E-state index in [1.54, 1.807) is 19.0 Å². The fourth-order valence-electron chi connectivity index (χ4n) is 4.36. The molecule has 0 N–H and O–H groups in total. The van der Waals surface area contributed by atoms with Gasteiger partial charge < -0.3 is 19.6 Å². The van der Waals surface area contributed by atoms with E-state index in [0.29, 0.717) is 31.5 Å². The van der Waals surface area contributed by atoms with Crippen LogP contribution in [0.25, 0.3) is 0 Å². The molecule has 4 rings (SSSR count). The van der Waals surface area contributed by atoms with Crippen molar-refractivity contribution in [2.24, 2.45) is 0 Å². The summed E-state index contributed by atoms with van der Waals surface area (Å²) in [6.45, 7) is 4.63. The molecule has 0 spiro atoms. The van der Waals surface area contributed by atoms with Gasteiger partial charge in [0.05, 0.1) is 12.1 Å². The zero-order valence-electron chi connectivity index (χ0n) is 16.7. The van der Waals surface area contributed by atoms with Crippen LogP contribution >= 0.6 is 11.3 Å². The molecule has 152 valence electrons. The lowest BCUT2D eigenvalue weighted by atomic mass is 10.0. The van der Waals surface area contributed by atoms with E-state index in [1.807, 2.05) is 4.90 Å². The third-order valence-electron chi connectivity index (χ3n) is 6.07. The predicted molar refractivity (Wildman–Crippen MR) is 109 cm³/mol. The minimum Gasteiger partial charge on any atom is -0.337 e. The topological polar surface area (TPSA) is 64.2 Å². The number of carbonyl (C=O) groups is 3. The van der Waals surface area contributed by atoms with E-state index in [4.69, 9.17) is 0 Å². The third kappa shape index (κ3) is 3.55. The van der Waals surface area contributed by atoms with Crippen LogP contribution < -0.4 is 4.90 Å². The van der Waals surface area contributed by atoms with Gasteiger partial charge in [-0.05, 0) is 50.9 Å². The average molecular weight is 405 g/mol. The van der Waals surface area contributed by atoms with E-state index in [-0.39, 0.29) is 24.3 Å². The summed E-state index contributed by atoms with van der Waals surface area (Å²) in [6.07, 6.45) is 4.72. The van der Waals surface area contributed by atoms with E-state index in [9.17, 15) is 14.4 Å². The minimum atomic E-state index is -0.0874. The van der Waals surface area contributed by atoms with Crippen LogP contribution in [0.4, 0.5) is 5.00 Å². The molecule has 3 amide bonds. The number of anilines is 1. The zero-order chi connectivity index (χ0) is 19.8. The van der Waals surface area contributed by atoms with Gasteiger partial charge in [0.25, 0.3) is 5.91 Å². The highest BCUT2D eigenvalue weighted by atomic mass is 32.1. The number of nitrogens with zero attached hydrogens (tertiary/aromatic N) is 4. The first-order valence-corrected chi connectivity index (χ1v) is 10.9. The molecule has 1 aromatic rings. The van der Waals surface area contributed by atoms with Crippen LogP contribution in [0.2, 0.25) is 0 Å². The molecule has 28 heavy (non-hydrogen) atoms. The number of amides is 3. The van der Waals surface area contributed by atoms with E-state index < -0.39 is 0 Å². The predicted octanol–water partition coefficient (Wildman–Crippen LogP) is 1.56. The molecule has 1 aromatic heterocycles. The van der Waals surface area contributed by atoms with Crippen molar-refractivity contribution in [1.29, 1.82) is 0 Å². The molecule has 0 unspecified atom stereocenters. The first kappa shape index (κ1) is 19.4. The van der Waals surface area contributed by atoms with Crippen LogP contribution in [0.1, 0.15) is 46.5 Å². The Labute approximate surface area is 169 Å². The first-order valence-electron chi connectivity index (χ1n) is 10.1. The number of thiophene rings is 1. The third-order valence-corrected chi connectivity index (χ3v) is 7.36. The number of hydrogen-bond acceptors (Lipinski definition) is 5. The first-order chi connectivity index (χ1) is 13.5. The second-order valence-corrected chi connectivity index (χ2v) is 9.10. The summed E-state index contributed by atoms with van der Waals surface area (Å²) in [5.74, 6) is 0.0277. The van der Waals surface area contributed by atoms with Crippen LogP contribution in [-0.4, -0.2) is 79.2 Å². The molecule has 0 aromatic carbocycles. The molecule has 3 aliphatic rings. The van der Waals surface area contributed by atoms with E-state index in [0.717, 1.165) is 41.5 Å². The molecule has 3 aliphatic heterocycles. The van der Waals surface area contributed by atoms with Crippen molar-refractivity contribution in [2.75, 3.05) is 51.7 Å². The summed E-state index contributed by atoms with van der Waals surface area (Å²) in [5.41, 5.74) is 1.69. The lowest BCUT2D eigenvalue weighted by molar-refractivity contribution is -0.132. The van der Waals surface area contributed by atoms with Gasteiger partial charge in [-0.3, -0.25) is 14.4 Å². The summed E-state index contributed by atoms with van der Waals surface area (Å²) < 4.78 is 0. The molecule has 0 aliphatic carbocycles. The molecule has 0 bridgehead atoms.